The number of allylic oxidation sites excluding steroid dienone is 1. The Kier molecular flexibility index (Phi) is 3.77. The average molecular weight is 391 g/mol. The van der Waals surface area contributed by atoms with Crippen LogP contribution >= 0.6 is 11.3 Å². The van der Waals surface area contributed by atoms with Crippen LogP contribution in [0.5, 0.6) is 0 Å². The van der Waals surface area contributed by atoms with Gasteiger partial charge in [0.15, 0.2) is 0 Å². The maximum Gasteiger partial charge on any atom is 0.336 e. The highest BCUT2D eigenvalue weighted by Crippen LogP contribution is 2.37. The molecule has 3 heterocycles. The molecule has 0 radical (unpaired) electrons. The average Bonchev–Trinajstić information content (AvgIpc) is 3.43. The van der Waals surface area contributed by atoms with Gasteiger partial charge in [-0.25, -0.2) is 4.79 Å². The van der Waals surface area contributed by atoms with E-state index in [1.165, 1.54) is 11.1 Å². The predicted molar refractivity (Wildman–Crippen MR) is 107 cm³/mol. The van der Waals surface area contributed by atoms with Crippen molar-refractivity contribution in [3.8, 4) is 10.4 Å². The number of fused-ring (bicyclic) bond motifs is 3. The van der Waals surface area contributed by atoms with Crippen LogP contribution in [0.2, 0.25) is 0 Å². The van der Waals surface area contributed by atoms with E-state index in [1.54, 1.807) is 24.3 Å². The topological polar surface area (TPSA) is 57.5 Å². The molecule has 2 aliphatic rings. The molecule has 1 aromatic carbocycles. The van der Waals surface area contributed by atoms with Crippen LogP contribution in [0.3, 0.4) is 0 Å². The van der Waals surface area contributed by atoms with Crippen molar-refractivity contribution in [2.75, 3.05) is 0 Å². The number of aromatic nitrogens is 1. The van der Waals surface area contributed by atoms with E-state index in [9.17, 15) is 9.59 Å². The SMILES string of the molecule is CC1=CC(O/C=C2\Cc3c(n(C)c4cc(-c5cccs5)ccc34)C2=O)OC1=O. The van der Waals surface area contributed by atoms with E-state index in [0.29, 0.717) is 23.3 Å². The summed E-state index contributed by atoms with van der Waals surface area (Å²) < 4.78 is 12.5. The maximum absolute atomic E-state index is 12.9. The molecule has 5 rings (SSSR count). The van der Waals surface area contributed by atoms with Crippen LogP contribution in [0.25, 0.3) is 21.3 Å². The highest BCUT2D eigenvalue weighted by Gasteiger charge is 2.32. The summed E-state index contributed by atoms with van der Waals surface area (Å²) in [6, 6.07) is 10.5. The van der Waals surface area contributed by atoms with Crippen molar-refractivity contribution in [3.05, 3.63) is 70.5 Å². The Bertz CT molecular complexity index is 1200. The van der Waals surface area contributed by atoms with Crippen molar-refractivity contribution < 1.29 is 19.1 Å². The van der Waals surface area contributed by atoms with Crippen molar-refractivity contribution in [3.63, 3.8) is 0 Å². The lowest BCUT2D eigenvalue weighted by Crippen LogP contribution is -2.11. The number of carbonyl (C=O) groups excluding carboxylic acids is 2. The van der Waals surface area contributed by atoms with Gasteiger partial charge in [-0.3, -0.25) is 4.79 Å². The second-order valence-electron chi connectivity index (χ2n) is 7.00. The Morgan fingerprint density at radius 2 is 2.14 bits per heavy atom. The fourth-order valence-corrected chi connectivity index (χ4v) is 4.54. The smallest absolute Gasteiger partial charge is 0.336 e. The van der Waals surface area contributed by atoms with Crippen LogP contribution < -0.4 is 0 Å². The zero-order valence-corrected chi connectivity index (χ0v) is 16.2. The van der Waals surface area contributed by atoms with Crippen LogP contribution in [0.4, 0.5) is 0 Å². The highest BCUT2D eigenvalue weighted by atomic mass is 32.1. The summed E-state index contributed by atoms with van der Waals surface area (Å²) in [6.45, 7) is 1.67. The van der Waals surface area contributed by atoms with E-state index < -0.39 is 12.3 Å². The molecule has 2 aromatic heterocycles. The Labute approximate surface area is 165 Å². The molecule has 5 nitrogen and oxygen atoms in total. The third kappa shape index (κ3) is 2.52. The van der Waals surface area contributed by atoms with Crippen LogP contribution in [-0.4, -0.2) is 22.6 Å². The molecular formula is C22H17NO4S. The number of aryl methyl sites for hydroxylation is 1. The number of ketones is 1. The first-order valence-electron chi connectivity index (χ1n) is 8.96. The van der Waals surface area contributed by atoms with E-state index in [2.05, 4.69) is 29.6 Å². The number of carbonyl (C=O) groups is 2. The normalized spacial score (nSPS) is 20.0. The molecule has 0 amide bonds. The second kappa shape index (κ2) is 6.21. The minimum absolute atomic E-state index is 0.0450. The van der Waals surface area contributed by atoms with Crippen molar-refractivity contribution >= 4 is 34.0 Å². The van der Waals surface area contributed by atoms with E-state index in [0.717, 1.165) is 22.0 Å². The van der Waals surface area contributed by atoms with Gasteiger partial charge in [-0.1, -0.05) is 18.2 Å². The van der Waals surface area contributed by atoms with Crippen LogP contribution in [0, 0.1) is 0 Å². The summed E-state index contributed by atoms with van der Waals surface area (Å²) in [5, 5.41) is 3.14. The van der Waals surface area contributed by atoms with Gasteiger partial charge in [0.25, 0.3) is 6.29 Å². The quantitative estimate of drug-likeness (QED) is 0.378. The molecule has 0 fully saturated rings. The minimum Gasteiger partial charge on any atom is -0.458 e. The molecule has 6 heteroatoms. The van der Waals surface area contributed by atoms with Crippen molar-refractivity contribution in [1.82, 2.24) is 4.57 Å². The predicted octanol–water partition coefficient (Wildman–Crippen LogP) is 4.38. The number of nitrogens with zero attached hydrogens (tertiary/aromatic N) is 1. The summed E-state index contributed by atoms with van der Waals surface area (Å²) >= 11 is 1.70. The first-order chi connectivity index (χ1) is 13.5. The molecule has 28 heavy (non-hydrogen) atoms. The third-order valence-corrected chi connectivity index (χ3v) is 6.18. The first kappa shape index (κ1) is 17.0. The van der Waals surface area contributed by atoms with Gasteiger partial charge in [-0.2, -0.15) is 0 Å². The van der Waals surface area contributed by atoms with Gasteiger partial charge in [-0.05, 0) is 35.6 Å². The molecule has 1 unspecified atom stereocenters. The van der Waals surface area contributed by atoms with E-state index in [-0.39, 0.29) is 5.78 Å². The Hall–Kier alpha value is -3.12. The lowest BCUT2D eigenvalue weighted by Gasteiger charge is -2.08. The Morgan fingerprint density at radius 1 is 1.29 bits per heavy atom. The molecule has 0 N–H and O–H groups in total. The molecule has 140 valence electrons. The van der Waals surface area contributed by atoms with Gasteiger partial charge in [0, 0.05) is 46.5 Å². The lowest BCUT2D eigenvalue weighted by molar-refractivity contribution is -0.152. The summed E-state index contributed by atoms with van der Waals surface area (Å²) in [6.07, 6.45) is 2.78. The third-order valence-electron chi connectivity index (χ3n) is 5.26. The number of Topliss-reactive ketones (excluding diaryl/α,β-unsaturated/α-hetero) is 1. The largest absolute Gasteiger partial charge is 0.458 e. The number of rotatable bonds is 3. The van der Waals surface area contributed by atoms with E-state index in [4.69, 9.17) is 9.47 Å². The summed E-state index contributed by atoms with van der Waals surface area (Å²) in [7, 11) is 1.92. The monoisotopic (exact) mass is 391 g/mol. The molecular weight excluding hydrogens is 374 g/mol. The number of ether oxygens (including phenoxy) is 2. The lowest BCUT2D eigenvalue weighted by atomic mass is 10.1. The standard InChI is InChI=1S/C22H17NO4S/c1-12-8-19(27-22(12)25)26-11-14-9-16-15-6-5-13(18-4-3-7-28-18)10-17(15)23(2)20(16)21(14)24/h3-8,10-11,19H,9H2,1-2H3/b14-11+. The minimum atomic E-state index is -0.762. The maximum atomic E-state index is 12.9. The molecule has 0 spiro atoms. The van der Waals surface area contributed by atoms with Crippen molar-refractivity contribution in [1.29, 1.82) is 0 Å². The number of hydrogen-bond acceptors (Lipinski definition) is 5. The first-order valence-corrected chi connectivity index (χ1v) is 9.84. The van der Waals surface area contributed by atoms with Crippen LogP contribution in [-0.2, 0) is 27.7 Å². The summed E-state index contributed by atoms with van der Waals surface area (Å²) in [5.74, 6) is -0.437. The zero-order valence-electron chi connectivity index (χ0n) is 15.4. The van der Waals surface area contributed by atoms with Gasteiger partial charge in [-0.15, -0.1) is 11.3 Å². The second-order valence-corrected chi connectivity index (χ2v) is 7.95. The van der Waals surface area contributed by atoms with E-state index in [1.807, 2.05) is 17.7 Å². The fraction of sp³-hybridized carbons (Fsp3) is 0.182. The molecule has 0 saturated heterocycles. The number of hydrogen-bond donors (Lipinski definition) is 0. The number of benzene rings is 1. The molecule has 0 saturated carbocycles. The highest BCUT2D eigenvalue weighted by molar-refractivity contribution is 7.13. The molecule has 0 bridgehead atoms. The Balaban J connectivity index is 1.47. The van der Waals surface area contributed by atoms with E-state index >= 15 is 0 Å². The van der Waals surface area contributed by atoms with Gasteiger partial charge >= 0.3 is 5.97 Å². The van der Waals surface area contributed by atoms with Crippen LogP contribution in [0.15, 0.2) is 59.2 Å². The number of esters is 1. The van der Waals surface area contributed by atoms with Gasteiger partial charge in [0.05, 0.1) is 12.0 Å². The van der Waals surface area contributed by atoms with Crippen molar-refractivity contribution in [2.45, 2.75) is 19.6 Å². The number of thiophene rings is 1. The van der Waals surface area contributed by atoms with Gasteiger partial charge < -0.3 is 14.0 Å². The summed E-state index contributed by atoms with van der Waals surface area (Å²) in [4.78, 5) is 25.6. The molecule has 1 aliphatic heterocycles. The number of cyclic esters (lactones) is 1. The van der Waals surface area contributed by atoms with Gasteiger partial charge in [0.2, 0.25) is 5.78 Å². The summed E-state index contributed by atoms with van der Waals surface area (Å²) in [5.41, 5.74) is 5.00. The van der Waals surface area contributed by atoms with Crippen molar-refractivity contribution in [2.24, 2.45) is 7.05 Å². The zero-order chi connectivity index (χ0) is 19.4. The Morgan fingerprint density at radius 3 is 2.86 bits per heavy atom. The van der Waals surface area contributed by atoms with Gasteiger partial charge in [0.1, 0.15) is 0 Å². The van der Waals surface area contributed by atoms with Crippen LogP contribution in [0.1, 0.15) is 23.0 Å². The molecule has 1 aliphatic carbocycles. The molecule has 1 atom stereocenters. The molecule has 3 aromatic rings. The fourth-order valence-electron chi connectivity index (χ4n) is 3.82.